The Morgan fingerprint density at radius 2 is 1.46 bits per heavy atom. The van der Waals surface area contributed by atoms with Crippen LogP contribution in [0.4, 0.5) is 0 Å². The summed E-state index contributed by atoms with van der Waals surface area (Å²) >= 11 is 0. The standard InChI is InChI=1S/C31H37N3O5/c1-2-23-9-11-26(12-10-23)39-20-19-38-22-25(35)21-33-15-13-32(14-16-33)17-18-34-30(36)27-7-3-5-24-6-4-8-28(29(24)27)31(34)37/h3-12,25,35H,2,13-22H2,1H3. The molecule has 0 aliphatic carbocycles. The van der Waals surface area contributed by atoms with Gasteiger partial charge >= 0.3 is 0 Å². The van der Waals surface area contributed by atoms with E-state index in [2.05, 4.69) is 28.9 Å². The van der Waals surface area contributed by atoms with Gasteiger partial charge in [-0.3, -0.25) is 24.3 Å². The van der Waals surface area contributed by atoms with Gasteiger partial charge in [0.25, 0.3) is 11.8 Å². The molecule has 1 N–H and O–H groups in total. The fourth-order valence-electron chi connectivity index (χ4n) is 5.33. The summed E-state index contributed by atoms with van der Waals surface area (Å²) in [7, 11) is 0. The predicted octanol–water partition coefficient (Wildman–Crippen LogP) is 3.07. The number of aliphatic hydroxyl groups is 1. The number of carbonyl (C=O) groups excluding carboxylic acids is 2. The third-order valence-electron chi connectivity index (χ3n) is 7.57. The lowest BCUT2D eigenvalue weighted by atomic mass is 9.94. The summed E-state index contributed by atoms with van der Waals surface area (Å²) in [6.45, 7) is 8.09. The van der Waals surface area contributed by atoms with Crippen molar-refractivity contribution in [1.82, 2.24) is 14.7 Å². The molecule has 0 spiro atoms. The van der Waals surface area contributed by atoms with Crippen molar-refractivity contribution in [1.29, 1.82) is 0 Å². The summed E-state index contributed by atoms with van der Waals surface area (Å²) in [4.78, 5) is 32.1. The zero-order chi connectivity index (χ0) is 27.2. The van der Waals surface area contributed by atoms with Crippen LogP contribution in [0, 0.1) is 0 Å². The number of nitrogens with zero attached hydrogens (tertiary/aromatic N) is 3. The van der Waals surface area contributed by atoms with Gasteiger partial charge in [-0.1, -0.05) is 43.3 Å². The first-order chi connectivity index (χ1) is 19.0. The zero-order valence-corrected chi connectivity index (χ0v) is 22.6. The van der Waals surface area contributed by atoms with Crippen molar-refractivity contribution in [2.75, 3.05) is 65.6 Å². The lowest BCUT2D eigenvalue weighted by Gasteiger charge is -2.36. The van der Waals surface area contributed by atoms with E-state index in [1.54, 1.807) is 12.1 Å². The Morgan fingerprint density at radius 1 is 0.821 bits per heavy atom. The summed E-state index contributed by atoms with van der Waals surface area (Å²) in [5.41, 5.74) is 2.47. The van der Waals surface area contributed by atoms with Crippen LogP contribution in [0.2, 0.25) is 0 Å². The van der Waals surface area contributed by atoms with Crippen LogP contribution in [0.1, 0.15) is 33.2 Å². The lowest BCUT2D eigenvalue weighted by Crippen LogP contribution is -2.51. The van der Waals surface area contributed by atoms with Gasteiger partial charge in [-0.05, 0) is 41.6 Å². The Labute approximate surface area is 229 Å². The molecular weight excluding hydrogens is 494 g/mol. The largest absolute Gasteiger partial charge is 0.491 e. The lowest BCUT2D eigenvalue weighted by molar-refractivity contribution is -0.000352. The van der Waals surface area contributed by atoms with Crippen molar-refractivity contribution in [2.24, 2.45) is 0 Å². The fraction of sp³-hybridized carbons (Fsp3) is 0.419. The SMILES string of the molecule is CCc1ccc(OCCOCC(O)CN2CCN(CCN3C(=O)c4cccc5cccc(c45)C3=O)CC2)cc1. The van der Waals surface area contributed by atoms with Crippen LogP contribution in [-0.2, 0) is 11.2 Å². The minimum atomic E-state index is -0.563. The average molecular weight is 532 g/mol. The number of aliphatic hydroxyl groups excluding tert-OH is 1. The van der Waals surface area contributed by atoms with Crippen molar-refractivity contribution >= 4 is 22.6 Å². The smallest absolute Gasteiger partial charge is 0.261 e. The van der Waals surface area contributed by atoms with Gasteiger partial charge in [0, 0.05) is 62.3 Å². The van der Waals surface area contributed by atoms with Gasteiger partial charge in [0.05, 0.1) is 19.3 Å². The maximum absolute atomic E-state index is 13.1. The van der Waals surface area contributed by atoms with E-state index < -0.39 is 6.10 Å². The highest BCUT2D eigenvalue weighted by Gasteiger charge is 2.33. The number of amides is 2. The second-order valence-electron chi connectivity index (χ2n) is 10.2. The second-order valence-corrected chi connectivity index (χ2v) is 10.2. The molecule has 2 aliphatic heterocycles. The summed E-state index contributed by atoms with van der Waals surface area (Å²) in [6, 6.07) is 19.3. The number of hydrogen-bond donors (Lipinski definition) is 1. The number of ether oxygens (including phenoxy) is 2. The van der Waals surface area contributed by atoms with Gasteiger partial charge in [-0.25, -0.2) is 0 Å². The van der Waals surface area contributed by atoms with Crippen LogP contribution >= 0.6 is 0 Å². The van der Waals surface area contributed by atoms with E-state index >= 15 is 0 Å². The van der Waals surface area contributed by atoms with E-state index in [9.17, 15) is 14.7 Å². The Balaban J connectivity index is 0.997. The molecule has 0 aromatic heterocycles. The highest BCUT2D eigenvalue weighted by molar-refractivity contribution is 6.25. The van der Waals surface area contributed by atoms with E-state index in [1.165, 1.54) is 10.5 Å². The van der Waals surface area contributed by atoms with Gasteiger partial charge in [0.15, 0.2) is 0 Å². The number of imide groups is 1. The van der Waals surface area contributed by atoms with Crippen LogP contribution in [-0.4, -0.2) is 103 Å². The predicted molar refractivity (Wildman–Crippen MR) is 150 cm³/mol. The molecule has 0 bridgehead atoms. The van der Waals surface area contributed by atoms with Crippen molar-refractivity contribution in [2.45, 2.75) is 19.4 Å². The molecule has 2 heterocycles. The zero-order valence-electron chi connectivity index (χ0n) is 22.6. The molecule has 1 atom stereocenters. The third-order valence-corrected chi connectivity index (χ3v) is 7.57. The quantitative estimate of drug-likeness (QED) is 0.284. The third kappa shape index (κ3) is 6.47. The van der Waals surface area contributed by atoms with Crippen molar-refractivity contribution in [3.63, 3.8) is 0 Å². The fourth-order valence-corrected chi connectivity index (χ4v) is 5.33. The number of hydrogen-bond acceptors (Lipinski definition) is 7. The Hall–Kier alpha value is -3.30. The molecule has 1 unspecified atom stereocenters. The van der Waals surface area contributed by atoms with Crippen LogP contribution in [0.15, 0.2) is 60.7 Å². The summed E-state index contributed by atoms with van der Waals surface area (Å²) in [5, 5.41) is 12.1. The monoisotopic (exact) mass is 531 g/mol. The highest BCUT2D eigenvalue weighted by Crippen LogP contribution is 2.29. The first-order valence-electron chi connectivity index (χ1n) is 13.8. The molecule has 5 rings (SSSR count). The maximum Gasteiger partial charge on any atom is 0.261 e. The average Bonchev–Trinajstić information content (AvgIpc) is 2.96. The second kappa shape index (κ2) is 12.7. The number of benzene rings is 3. The number of rotatable bonds is 12. The number of piperazine rings is 1. The number of aryl methyl sites for hydroxylation is 1. The van der Waals surface area contributed by atoms with Crippen molar-refractivity contribution in [3.05, 3.63) is 77.4 Å². The molecule has 2 aliphatic rings. The molecule has 3 aromatic carbocycles. The molecular formula is C31H37N3O5. The molecule has 2 amide bonds. The highest BCUT2D eigenvalue weighted by atomic mass is 16.5. The molecule has 0 radical (unpaired) electrons. The Bertz CT molecular complexity index is 1240. The molecule has 8 heteroatoms. The minimum absolute atomic E-state index is 0.217. The summed E-state index contributed by atoms with van der Waals surface area (Å²) in [5.74, 6) is 0.391. The summed E-state index contributed by atoms with van der Waals surface area (Å²) in [6.07, 6.45) is 0.441. The summed E-state index contributed by atoms with van der Waals surface area (Å²) < 4.78 is 11.3. The molecule has 0 saturated carbocycles. The molecule has 1 fully saturated rings. The normalized spacial score (nSPS) is 17.1. The Morgan fingerprint density at radius 3 is 2.10 bits per heavy atom. The maximum atomic E-state index is 13.1. The Kier molecular flexibility index (Phi) is 8.88. The van der Waals surface area contributed by atoms with Crippen LogP contribution in [0.25, 0.3) is 10.8 Å². The van der Waals surface area contributed by atoms with Gasteiger partial charge in [-0.15, -0.1) is 0 Å². The van der Waals surface area contributed by atoms with E-state index in [1.807, 2.05) is 36.4 Å². The molecule has 8 nitrogen and oxygen atoms in total. The molecule has 3 aromatic rings. The number of β-amino-alcohol motifs (C(OH)–C–C–N with tert-alkyl or cyclic N) is 1. The van der Waals surface area contributed by atoms with Crippen LogP contribution in [0.5, 0.6) is 5.75 Å². The van der Waals surface area contributed by atoms with Gasteiger partial charge in [0.1, 0.15) is 12.4 Å². The van der Waals surface area contributed by atoms with Gasteiger partial charge < -0.3 is 14.6 Å². The van der Waals surface area contributed by atoms with Gasteiger partial charge in [-0.2, -0.15) is 0 Å². The van der Waals surface area contributed by atoms with Crippen molar-refractivity contribution in [3.8, 4) is 5.75 Å². The first-order valence-corrected chi connectivity index (χ1v) is 13.8. The molecule has 39 heavy (non-hydrogen) atoms. The topological polar surface area (TPSA) is 82.6 Å². The minimum Gasteiger partial charge on any atom is -0.491 e. The van der Waals surface area contributed by atoms with E-state index in [0.29, 0.717) is 44.0 Å². The van der Waals surface area contributed by atoms with Crippen LogP contribution in [0.3, 0.4) is 0 Å². The molecule has 1 saturated heterocycles. The molecule has 206 valence electrons. The van der Waals surface area contributed by atoms with Crippen molar-refractivity contribution < 1.29 is 24.2 Å². The van der Waals surface area contributed by atoms with Crippen LogP contribution < -0.4 is 4.74 Å². The van der Waals surface area contributed by atoms with E-state index in [4.69, 9.17) is 9.47 Å². The first kappa shape index (κ1) is 27.3. The number of carbonyl (C=O) groups is 2. The van der Waals surface area contributed by atoms with E-state index in [0.717, 1.165) is 49.1 Å². The van der Waals surface area contributed by atoms with Gasteiger partial charge in [0.2, 0.25) is 0 Å². The van der Waals surface area contributed by atoms with E-state index in [-0.39, 0.29) is 18.4 Å².